The molecule has 0 saturated carbocycles. The number of aromatic carboxylic acids is 1. The lowest BCUT2D eigenvalue weighted by Crippen LogP contribution is -1.98. The number of carboxylic acids is 1. The summed E-state index contributed by atoms with van der Waals surface area (Å²) in [4.78, 5) is 14.4. The van der Waals surface area contributed by atoms with Gasteiger partial charge in [-0.05, 0) is 18.1 Å². The first-order valence-corrected chi connectivity index (χ1v) is 3.91. The molecular weight excluding hydrogens is 154 g/mol. The Kier molecular flexibility index (Phi) is 2.80. The molecule has 0 aliphatic rings. The van der Waals surface area contributed by atoms with Gasteiger partial charge in [-0.25, -0.2) is 4.79 Å². The lowest BCUT2D eigenvalue weighted by molar-refractivity contribution is 0.0696. The predicted octanol–water partition coefficient (Wildman–Crippen LogP) is 1.73. The molecule has 1 N–H and O–H groups in total. The number of aryl methyl sites for hydroxylation is 1. The summed E-state index contributed by atoms with van der Waals surface area (Å²) in [7, 11) is 0. The Balaban J connectivity index is 2.88. The highest BCUT2D eigenvalue weighted by molar-refractivity contribution is 5.87. The molecule has 64 valence electrons. The standard InChI is InChI=1S/C9H11NO2/c1-2-3-7-4-8(9(11)12)6-10-5-7/h4-6H,2-3H2,1H3,(H,11,12). The molecule has 0 atom stereocenters. The second-order valence-electron chi connectivity index (χ2n) is 2.64. The molecule has 0 bridgehead atoms. The smallest absolute Gasteiger partial charge is 0.337 e. The fourth-order valence-electron chi connectivity index (χ4n) is 1.03. The normalized spacial score (nSPS) is 9.75. The van der Waals surface area contributed by atoms with Gasteiger partial charge in [0.2, 0.25) is 0 Å². The maximum Gasteiger partial charge on any atom is 0.337 e. The van der Waals surface area contributed by atoms with Crippen molar-refractivity contribution in [3.8, 4) is 0 Å². The van der Waals surface area contributed by atoms with Crippen LogP contribution in [-0.2, 0) is 6.42 Å². The largest absolute Gasteiger partial charge is 0.478 e. The summed E-state index contributed by atoms with van der Waals surface area (Å²) >= 11 is 0. The van der Waals surface area contributed by atoms with Crippen molar-refractivity contribution in [1.82, 2.24) is 4.98 Å². The fraction of sp³-hybridized carbons (Fsp3) is 0.333. The Morgan fingerprint density at radius 2 is 2.33 bits per heavy atom. The molecule has 1 rings (SSSR count). The molecule has 1 aromatic rings. The summed E-state index contributed by atoms with van der Waals surface area (Å²) in [5, 5.41) is 8.64. The van der Waals surface area contributed by atoms with Crippen LogP contribution < -0.4 is 0 Å². The zero-order chi connectivity index (χ0) is 8.97. The molecule has 1 heterocycles. The lowest BCUT2D eigenvalue weighted by atomic mass is 10.1. The third kappa shape index (κ3) is 2.05. The van der Waals surface area contributed by atoms with E-state index in [0.29, 0.717) is 0 Å². The van der Waals surface area contributed by atoms with Crippen molar-refractivity contribution < 1.29 is 9.90 Å². The average Bonchev–Trinajstić information content (AvgIpc) is 2.05. The second kappa shape index (κ2) is 3.85. The molecule has 0 radical (unpaired) electrons. The maximum atomic E-state index is 10.5. The van der Waals surface area contributed by atoms with E-state index in [1.54, 1.807) is 12.3 Å². The number of aromatic nitrogens is 1. The molecule has 0 unspecified atom stereocenters. The topological polar surface area (TPSA) is 50.2 Å². The number of carbonyl (C=O) groups is 1. The van der Waals surface area contributed by atoms with E-state index in [2.05, 4.69) is 4.98 Å². The van der Waals surface area contributed by atoms with Crippen molar-refractivity contribution in [3.63, 3.8) is 0 Å². The minimum atomic E-state index is -0.916. The number of hydrogen-bond acceptors (Lipinski definition) is 2. The van der Waals surface area contributed by atoms with Crippen LogP contribution in [0.25, 0.3) is 0 Å². The van der Waals surface area contributed by atoms with E-state index in [4.69, 9.17) is 5.11 Å². The van der Waals surface area contributed by atoms with Crippen LogP contribution in [0, 0.1) is 0 Å². The molecule has 0 spiro atoms. The van der Waals surface area contributed by atoms with Gasteiger partial charge in [-0.2, -0.15) is 0 Å². The average molecular weight is 165 g/mol. The predicted molar refractivity (Wildman–Crippen MR) is 45.2 cm³/mol. The van der Waals surface area contributed by atoms with E-state index in [-0.39, 0.29) is 5.56 Å². The monoisotopic (exact) mass is 165 g/mol. The van der Waals surface area contributed by atoms with Gasteiger partial charge in [-0.1, -0.05) is 13.3 Å². The Morgan fingerprint density at radius 3 is 2.92 bits per heavy atom. The van der Waals surface area contributed by atoms with E-state index in [1.807, 2.05) is 6.92 Å². The molecule has 0 aromatic carbocycles. The van der Waals surface area contributed by atoms with E-state index < -0.39 is 5.97 Å². The molecule has 3 heteroatoms. The van der Waals surface area contributed by atoms with Crippen molar-refractivity contribution in [2.75, 3.05) is 0 Å². The van der Waals surface area contributed by atoms with Crippen molar-refractivity contribution in [2.45, 2.75) is 19.8 Å². The molecule has 0 amide bonds. The number of hydrogen-bond donors (Lipinski definition) is 1. The van der Waals surface area contributed by atoms with Crippen LogP contribution in [0.3, 0.4) is 0 Å². The first kappa shape index (κ1) is 8.71. The SMILES string of the molecule is CCCc1cncc(C(=O)O)c1. The van der Waals surface area contributed by atoms with Gasteiger partial charge in [-0.15, -0.1) is 0 Å². The van der Waals surface area contributed by atoms with E-state index in [0.717, 1.165) is 18.4 Å². The first-order valence-electron chi connectivity index (χ1n) is 3.91. The third-order valence-corrected chi connectivity index (χ3v) is 1.58. The van der Waals surface area contributed by atoms with Crippen LogP contribution in [0.5, 0.6) is 0 Å². The zero-order valence-corrected chi connectivity index (χ0v) is 6.95. The van der Waals surface area contributed by atoms with Gasteiger partial charge in [0.1, 0.15) is 0 Å². The zero-order valence-electron chi connectivity index (χ0n) is 6.95. The molecule has 0 aliphatic carbocycles. The minimum Gasteiger partial charge on any atom is -0.478 e. The minimum absolute atomic E-state index is 0.265. The van der Waals surface area contributed by atoms with E-state index >= 15 is 0 Å². The molecule has 0 fully saturated rings. The Labute approximate surface area is 71.1 Å². The van der Waals surface area contributed by atoms with E-state index in [9.17, 15) is 4.79 Å². The first-order chi connectivity index (χ1) is 5.74. The molecule has 0 aliphatic heterocycles. The van der Waals surface area contributed by atoms with Crippen molar-refractivity contribution in [3.05, 3.63) is 29.6 Å². The summed E-state index contributed by atoms with van der Waals surface area (Å²) in [5.74, 6) is -0.916. The van der Waals surface area contributed by atoms with Gasteiger partial charge in [0.25, 0.3) is 0 Å². The highest BCUT2D eigenvalue weighted by Gasteiger charge is 2.02. The van der Waals surface area contributed by atoms with Crippen LogP contribution >= 0.6 is 0 Å². The van der Waals surface area contributed by atoms with Crippen molar-refractivity contribution in [1.29, 1.82) is 0 Å². The second-order valence-corrected chi connectivity index (χ2v) is 2.64. The van der Waals surface area contributed by atoms with Crippen LogP contribution in [0.4, 0.5) is 0 Å². The fourth-order valence-corrected chi connectivity index (χ4v) is 1.03. The van der Waals surface area contributed by atoms with Gasteiger partial charge in [0.15, 0.2) is 0 Å². The van der Waals surface area contributed by atoms with Crippen LogP contribution in [-0.4, -0.2) is 16.1 Å². The van der Waals surface area contributed by atoms with Gasteiger partial charge in [0.05, 0.1) is 5.56 Å². The Morgan fingerprint density at radius 1 is 1.58 bits per heavy atom. The highest BCUT2D eigenvalue weighted by atomic mass is 16.4. The van der Waals surface area contributed by atoms with Gasteiger partial charge < -0.3 is 5.11 Å². The Hall–Kier alpha value is -1.38. The highest BCUT2D eigenvalue weighted by Crippen LogP contribution is 2.04. The van der Waals surface area contributed by atoms with Crippen molar-refractivity contribution >= 4 is 5.97 Å². The third-order valence-electron chi connectivity index (χ3n) is 1.58. The molecule has 12 heavy (non-hydrogen) atoms. The number of rotatable bonds is 3. The van der Waals surface area contributed by atoms with Crippen LogP contribution in [0.2, 0.25) is 0 Å². The van der Waals surface area contributed by atoms with Crippen molar-refractivity contribution in [2.24, 2.45) is 0 Å². The number of carboxylic acid groups (broad SMARTS) is 1. The maximum absolute atomic E-state index is 10.5. The lowest BCUT2D eigenvalue weighted by Gasteiger charge is -1.98. The van der Waals surface area contributed by atoms with Crippen LogP contribution in [0.1, 0.15) is 29.3 Å². The van der Waals surface area contributed by atoms with Gasteiger partial charge in [0, 0.05) is 12.4 Å². The summed E-state index contributed by atoms with van der Waals surface area (Å²) < 4.78 is 0. The number of pyridine rings is 1. The molecule has 0 saturated heterocycles. The summed E-state index contributed by atoms with van der Waals surface area (Å²) in [5.41, 5.74) is 1.25. The van der Waals surface area contributed by atoms with Gasteiger partial charge in [-0.3, -0.25) is 4.98 Å². The summed E-state index contributed by atoms with van der Waals surface area (Å²) in [6.45, 7) is 2.05. The Bertz CT molecular complexity index is 284. The molecular formula is C9H11NO2. The molecule has 3 nitrogen and oxygen atoms in total. The summed E-state index contributed by atoms with van der Waals surface area (Å²) in [6, 6.07) is 1.67. The quantitative estimate of drug-likeness (QED) is 0.742. The van der Waals surface area contributed by atoms with Gasteiger partial charge >= 0.3 is 5.97 Å². The van der Waals surface area contributed by atoms with Crippen LogP contribution in [0.15, 0.2) is 18.5 Å². The summed E-state index contributed by atoms with van der Waals surface area (Å²) in [6.07, 6.45) is 4.95. The van der Waals surface area contributed by atoms with E-state index in [1.165, 1.54) is 6.20 Å². The molecule has 1 aromatic heterocycles. The number of nitrogens with zero attached hydrogens (tertiary/aromatic N) is 1.